The van der Waals surface area contributed by atoms with Gasteiger partial charge in [-0.15, -0.1) is 0 Å². The Balaban J connectivity index is 2.15. The van der Waals surface area contributed by atoms with Crippen molar-refractivity contribution >= 4 is 23.2 Å². The van der Waals surface area contributed by atoms with Crippen LogP contribution in [0, 0.1) is 6.92 Å². The van der Waals surface area contributed by atoms with Crippen molar-refractivity contribution < 1.29 is 0 Å². The second-order valence-corrected chi connectivity index (χ2v) is 4.85. The molecule has 0 N–H and O–H groups in total. The van der Waals surface area contributed by atoms with Crippen LogP contribution in [0.1, 0.15) is 17.1 Å². The average Bonchev–Trinajstić information content (AvgIpc) is 2.67. The van der Waals surface area contributed by atoms with E-state index in [1.165, 1.54) is 0 Å². The summed E-state index contributed by atoms with van der Waals surface area (Å²) in [6.45, 7) is 1.90. The third kappa shape index (κ3) is 2.48. The molecule has 2 aromatic heterocycles. The quantitative estimate of drug-likeness (QED) is 0.861. The normalized spacial score (nSPS) is 11.1. The van der Waals surface area contributed by atoms with Gasteiger partial charge < -0.3 is 0 Å². The minimum atomic E-state index is 0.697. The summed E-state index contributed by atoms with van der Waals surface area (Å²) in [6, 6.07) is 0. The van der Waals surface area contributed by atoms with E-state index in [-0.39, 0.29) is 0 Å². The minimum Gasteiger partial charge on any atom is -0.274 e. The molecule has 0 aliphatic heterocycles. The largest absolute Gasteiger partial charge is 0.274 e. The molecule has 0 bridgehead atoms. The Bertz CT molecular complexity index is 542. The van der Waals surface area contributed by atoms with Crippen LogP contribution < -0.4 is 0 Å². The zero-order valence-electron chi connectivity index (χ0n) is 10.0. The summed E-state index contributed by atoms with van der Waals surface area (Å²) in [5.41, 5.74) is 2.77. The van der Waals surface area contributed by atoms with E-state index in [2.05, 4.69) is 10.2 Å². The molecule has 0 atom stereocenters. The van der Waals surface area contributed by atoms with Gasteiger partial charge in [-0.25, -0.2) is 0 Å². The second kappa shape index (κ2) is 4.70. The maximum absolute atomic E-state index is 6.18. The summed E-state index contributed by atoms with van der Waals surface area (Å²) >= 11 is 12.2. The number of rotatable bonds is 3. The molecule has 2 aromatic rings. The van der Waals surface area contributed by atoms with E-state index in [0.29, 0.717) is 5.02 Å². The molecule has 0 aliphatic rings. The van der Waals surface area contributed by atoms with Crippen LogP contribution in [0.15, 0.2) is 6.20 Å². The molecule has 2 heterocycles. The Morgan fingerprint density at radius 2 is 1.88 bits per heavy atom. The van der Waals surface area contributed by atoms with Crippen LogP contribution in [-0.2, 0) is 26.9 Å². The van der Waals surface area contributed by atoms with Crippen molar-refractivity contribution in [1.29, 1.82) is 0 Å². The number of halogens is 2. The highest BCUT2D eigenvalue weighted by molar-refractivity contribution is 6.32. The highest BCUT2D eigenvalue weighted by Gasteiger charge is 2.13. The first-order valence-electron chi connectivity index (χ1n) is 5.35. The molecule has 92 valence electrons. The smallest absolute Gasteiger partial charge is 0.0847 e. The summed E-state index contributed by atoms with van der Waals surface area (Å²) in [4.78, 5) is 0. The van der Waals surface area contributed by atoms with Gasteiger partial charge in [-0.3, -0.25) is 9.36 Å². The molecule has 0 unspecified atom stereocenters. The number of nitrogens with zero attached hydrogens (tertiary/aromatic N) is 4. The number of hydrogen-bond donors (Lipinski definition) is 0. The third-order valence-electron chi connectivity index (χ3n) is 2.71. The molecule has 0 saturated carbocycles. The molecule has 0 saturated heterocycles. The van der Waals surface area contributed by atoms with Crippen molar-refractivity contribution in [3.63, 3.8) is 0 Å². The standard InChI is InChI=1S/C11H14Cl2N4/c1-7-11(13)10(17(3)14-7)5-4-9-8(12)6-16(2)15-9/h6H,4-5H2,1-3H3. The van der Waals surface area contributed by atoms with Gasteiger partial charge in [0.2, 0.25) is 0 Å². The fourth-order valence-corrected chi connectivity index (χ4v) is 2.39. The topological polar surface area (TPSA) is 35.6 Å². The fourth-order valence-electron chi connectivity index (χ4n) is 1.86. The molecule has 0 fully saturated rings. The van der Waals surface area contributed by atoms with E-state index < -0.39 is 0 Å². The summed E-state index contributed by atoms with van der Waals surface area (Å²) < 4.78 is 3.53. The molecule has 0 aromatic carbocycles. The summed E-state index contributed by atoms with van der Waals surface area (Å²) in [5, 5.41) is 10.0. The Kier molecular flexibility index (Phi) is 3.45. The van der Waals surface area contributed by atoms with Gasteiger partial charge in [0.25, 0.3) is 0 Å². The van der Waals surface area contributed by atoms with Crippen molar-refractivity contribution in [1.82, 2.24) is 19.6 Å². The van der Waals surface area contributed by atoms with Crippen LogP contribution >= 0.6 is 23.2 Å². The predicted octanol–water partition coefficient (Wildman–Crippen LogP) is 2.55. The molecule has 0 amide bonds. The zero-order chi connectivity index (χ0) is 12.6. The molecule has 2 rings (SSSR count). The van der Waals surface area contributed by atoms with E-state index in [0.717, 1.165) is 34.9 Å². The molecule has 0 aliphatic carbocycles. The van der Waals surface area contributed by atoms with Crippen LogP contribution in [0.2, 0.25) is 10.0 Å². The molecule has 0 spiro atoms. The lowest BCUT2D eigenvalue weighted by molar-refractivity contribution is 0.685. The molecular formula is C11H14Cl2N4. The first-order chi connectivity index (χ1) is 7.99. The molecular weight excluding hydrogens is 259 g/mol. The van der Waals surface area contributed by atoms with Crippen molar-refractivity contribution in [2.24, 2.45) is 14.1 Å². The lowest BCUT2D eigenvalue weighted by Crippen LogP contribution is -2.02. The molecule has 17 heavy (non-hydrogen) atoms. The minimum absolute atomic E-state index is 0.697. The Labute approximate surface area is 110 Å². The first-order valence-corrected chi connectivity index (χ1v) is 6.10. The first kappa shape index (κ1) is 12.5. The van der Waals surface area contributed by atoms with Crippen LogP contribution in [0.3, 0.4) is 0 Å². The van der Waals surface area contributed by atoms with Gasteiger partial charge >= 0.3 is 0 Å². The Morgan fingerprint density at radius 1 is 1.18 bits per heavy atom. The molecule has 6 heteroatoms. The van der Waals surface area contributed by atoms with E-state index in [1.54, 1.807) is 10.9 Å². The lowest BCUT2D eigenvalue weighted by atomic mass is 10.2. The lowest BCUT2D eigenvalue weighted by Gasteiger charge is -2.01. The summed E-state index contributed by atoms with van der Waals surface area (Å²) in [7, 11) is 3.75. The highest BCUT2D eigenvalue weighted by Crippen LogP contribution is 2.22. The number of aromatic nitrogens is 4. The SMILES string of the molecule is Cc1nn(C)c(CCc2nn(C)cc2Cl)c1Cl. The number of hydrogen-bond acceptors (Lipinski definition) is 2. The van der Waals surface area contributed by atoms with E-state index in [9.17, 15) is 0 Å². The van der Waals surface area contributed by atoms with E-state index in [4.69, 9.17) is 23.2 Å². The summed E-state index contributed by atoms with van der Waals surface area (Å²) in [6.07, 6.45) is 3.35. The highest BCUT2D eigenvalue weighted by atomic mass is 35.5. The van der Waals surface area contributed by atoms with Gasteiger partial charge in [0.05, 0.1) is 27.1 Å². The molecule has 0 radical (unpaired) electrons. The van der Waals surface area contributed by atoms with Crippen LogP contribution in [0.5, 0.6) is 0 Å². The van der Waals surface area contributed by atoms with Gasteiger partial charge in [-0.05, 0) is 19.8 Å². The fraction of sp³-hybridized carbons (Fsp3) is 0.455. The van der Waals surface area contributed by atoms with Crippen molar-refractivity contribution in [2.75, 3.05) is 0 Å². The van der Waals surface area contributed by atoms with Crippen LogP contribution in [0.4, 0.5) is 0 Å². The van der Waals surface area contributed by atoms with Gasteiger partial charge in [0.1, 0.15) is 0 Å². The molecule has 4 nitrogen and oxygen atoms in total. The van der Waals surface area contributed by atoms with Gasteiger partial charge in [-0.2, -0.15) is 10.2 Å². The average molecular weight is 273 g/mol. The van der Waals surface area contributed by atoms with Gasteiger partial charge in [0.15, 0.2) is 0 Å². The monoisotopic (exact) mass is 272 g/mol. The maximum Gasteiger partial charge on any atom is 0.0847 e. The Hall–Kier alpha value is -1.000. The second-order valence-electron chi connectivity index (χ2n) is 4.07. The van der Waals surface area contributed by atoms with Crippen LogP contribution in [0.25, 0.3) is 0 Å². The van der Waals surface area contributed by atoms with Crippen molar-refractivity contribution in [2.45, 2.75) is 19.8 Å². The van der Waals surface area contributed by atoms with Gasteiger partial charge in [-0.1, -0.05) is 23.2 Å². The van der Waals surface area contributed by atoms with Crippen molar-refractivity contribution in [3.8, 4) is 0 Å². The summed E-state index contributed by atoms with van der Waals surface area (Å²) in [5.74, 6) is 0. The number of aryl methyl sites for hydroxylation is 4. The maximum atomic E-state index is 6.18. The van der Waals surface area contributed by atoms with E-state index in [1.807, 2.05) is 25.7 Å². The van der Waals surface area contributed by atoms with Crippen LogP contribution in [-0.4, -0.2) is 19.6 Å². The Morgan fingerprint density at radius 3 is 2.35 bits per heavy atom. The predicted molar refractivity (Wildman–Crippen MR) is 68.6 cm³/mol. The van der Waals surface area contributed by atoms with Gasteiger partial charge in [0, 0.05) is 20.3 Å². The zero-order valence-corrected chi connectivity index (χ0v) is 11.5. The van der Waals surface area contributed by atoms with E-state index >= 15 is 0 Å². The third-order valence-corrected chi connectivity index (χ3v) is 3.52. The van der Waals surface area contributed by atoms with Crippen molar-refractivity contribution in [3.05, 3.63) is 33.3 Å².